The summed E-state index contributed by atoms with van der Waals surface area (Å²) in [5, 5.41) is 0. The average Bonchev–Trinajstić information content (AvgIpc) is 2.93. The molecular weight excluding hydrogens is 424 g/mol. The standard InChI is InChI=1S/C11H7Br2F2NO3S/c1-2-18-11(17)7-6(9(14)15)16-10(19-7)4-3-5(12)20-8(4)13/h3,9H,2H2,1H3. The maximum Gasteiger partial charge on any atom is 0.376 e. The number of esters is 1. The van der Waals surface area contributed by atoms with Crippen molar-refractivity contribution in [2.75, 3.05) is 6.61 Å². The molecule has 2 rings (SSSR count). The monoisotopic (exact) mass is 429 g/mol. The largest absolute Gasteiger partial charge is 0.460 e. The third kappa shape index (κ3) is 3.09. The second-order valence-electron chi connectivity index (χ2n) is 3.49. The summed E-state index contributed by atoms with van der Waals surface area (Å²) in [6, 6.07) is 1.66. The van der Waals surface area contributed by atoms with E-state index in [4.69, 9.17) is 4.42 Å². The second kappa shape index (κ2) is 6.31. The quantitative estimate of drug-likeness (QED) is 0.637. The normalized spacial score (nSPS) is 11.1. The van der Waals surface area contributed by atoms with Gasteiger partial charge in [0.2, 0.25) is 11.7 Å². The number of aromatic nitrogens is 1. The lowest BCUT2D eigenvalue weighted by atomic mass is 10.3. The molecule has 0 aliphatic heterocycles. The molecule has 4 nitrogen and oxygen atoms in total. The molecule has 0 fully saturated rings. The highest BCUT2D eigenvalue weighted by molar-refractivity contribution is 9.12. The Kier molecular flexibility index (Phi) is 4.92. The number of oxazole rings is 1. The van der Waals surface area contributed by atoms with Crippen LogP contribution in [0.5, 0.6) is 0 Å². The van der Waals surface area contributed by atoms with Gasteiger partial charge in [-0.3, -0.25) is 0 Å². The highest BCUT2D eigenvalue weighted by Crippen LogP contribution is 2.39. The Balaban J connectivity index is 2.49. The first-order valence-corrected chi connectivity index (χ1v) is 7.75. The van der Waals surface area contributed by atoms with Gasteiger partial charge in [0.25, 0.3) is 6.43 Å². The van der Waals surface area contributed by atoms with Gasteiger partial charge < -0.3 is 9.15 Å². The van der Waals surface area contributed by atoms with Gasteiger partial charge >= 0.3 is 5.97 Å². The van der Waals surface area contributed by atoms with Crippen LogP contribution >= 0.6 is 43.2 Å². The molecule has 0 atom stereocenters. The van der Waals surface area contributed by atoms with Crippen LogP contribution in [0.2, 0.25) is 0 Å². The number of alkyl halides is 2. The van der Waals surface area contributed by atoms with E-state index in [9.17, 15) is 13.6 Å². The van der Waals surface area contributed by atoms with Gasteiger partial charge in [0.1, 0.15) is 0 Å². The van der Waals surface area contributed by atoms with E-state index in [1.165, 1.54) is 11.3 Å². The van der Waals surface area contributed by atoms with E-state index in [-0.39, 0.29) is 12.5 Å². The van der Waals surface area contributed by atoms with Crippen LogP contribution in [0.15, 0.2) is 18.1 Å². The van der Waals surface area contributed by atoms with Crippen LogP contribution in [0.3, 0.4) is 0 Å². The van der Waals surface area contributed by atoms with E-state index in [0.29, 0.717) is 9.35 Å². The van der Waals surface area contributed by atoms with Crippen molar-refractivity contribution in [3.63, 3.8) is 0 Å². The van der Waals surface area contributed by atoms with Crippen molar-refractivity contribution in [2.24, 2.45) is 0 Å². The van der Waals surface area contributed by atoms with E-state index in [1.54, 1.807) is 13.0 Å². The highest BCUT2D eigenvalue weighted by Gasteiger charge is 2.29. The maximum absolute atomic E-state index is 12.9. The Morgan fingerprint density at radius 3 is 2.75 bits per heavy atom. The molecule has 20 heavy (non-hydrogen) atoms. The van der Waals surface area contributed by atoms with E-state index in [2.05, 4.69) is 41.6 Å². The number of hydrogen-bond donors (Lipinski definition) is 0. The van der Waals surface area contributed by atoms with Gasteiger partial charge in [-0.1, -0.05) is 0 Å². The third-order valence-corrected chi connectivity index (χ3v) is 4.55. The Labute approximate surface area is 133 Å². The van der Waals surface area contributed by atoms with Crippen molar-refractivity contribution in [3.05, 3.63) is 25.1 Å². The molecule has 9 heteroatoms. The molecule has 0 N–H and O–H groups in total. The minimum Gasteiger partial charge on any atom is -0.460 e. The zero-order valence-electron chi connectivity index (χ0n) is 9.95. The molecule has 0 aromatic carbocycles. The van der Waals surface area contributed by atoms with Crippen molar-refractivity contribution in [1.29, 1.82) is 0 Å². The minimum atomic E-state index is -2.92. The molecule has 2 aromatic heterocycles. The van der Waals surface area contributed by atoms with Crippen LogP contribution in [0.25, 0.3) is 11.5 Å². The zero-order chi connectivity index (χ0) is 14.9. The summed E-state index contributed by atoms with van der Waals surface area (Å²) in [5.74, 6) is -1.57. The smallest absolute Gasteiger partial charge is 0.376 e. The molecule has 0 aliphatic carbocycles. The number of carbonyl (C=O) groups excluding carboxylic acids is 1. The van der Waals surface area contributed by atoms with Crippen molar-refractivity contribution >= 4 is 49.2 Å². The Morgan fingerprint density at radius 2 is 2.25 bits per heavy atom. The number of ether oxygens (including phenoxy) is 1. The molecule has 0 saturated carbocycles. The molecular formula is C11H7Br2F2NO3S. The molecule has 0 spiro atoms. The van der Waals surface area contributed by atoms with Gasteiger partial charge in [-0.05, 0) is 44.8 Å². The topological polar surface area (TPSA) is 52.3 Å². The van der Waals surface area contributed by atoms with Gasteiger partial charge in [0.15, 0.2) is 5.69 Å². The van der Waals surface area contributed by atoms with Crippen molar-refractivity contribution in [1.82, 2.24) is 4.98 Å². The summed E-state index contributed by atoms with van der Waals surface area (Å²) in [4.78, 5) is 15.3. The number of halogens is 4. The summed E-state index contributed by atoms with van der Waals surface area (Å²) < 4.78 is 37.1. The van der Waals surface area contributed by atoms with Gasteiger partial charge in [0.05, 0.1) is 19.7 Å². The van der Waals surface area contributed by atoms with Crippen LogP contribution in [0, 0.1) is 0 Å². The van der Waals surface area contributed by atoms with Crippen LogP contribution in [0.1, 0.15) is 29.6 Å². The number of nitrogens with zero attached hydrogens (tertiary/aromatic N) is 1. The van der Waals surface area contributed by atoms with Gasteiger partial charge in [-0.2, -0.15) is 0 Å². The Bertz CT molecular complexity index is 642. The minimum absolute atomic E-state index is 0.0582. The molecule has 108 valence electrons. The third-order valence-electron chi connectivity index (χ3n) is 2.21. The fourth-order valence-electron chi connectivity index (χ4n) is 1.42. The molecule has 0 unspecified atom stereocenters. The molecule has 0 bridgehead atoms. The first kappa shape index (κ1) is 15.6. The first-order valence-electron chi connectivity index (χ1n) is 5.35. The molecule has 2 aromatic rings. The summed E-state index contributed by atoms with van der Waals surface area (Å²) in [6.45, 7) is 1.63. The van der Waals surface area contributed by atoms with Crippen LogP contribution in [-0.2, 0) is 4.74 Å². The Hall–Kier alpha value is -0.800. The summed E-state index contributed by atoms with van der Waals surface area (Å²) in [5.41, 5.74) is -0.230. The number of hydrogen-bond acceptors (Lipinski definition) is 5. The Morgan fingerprint density at radius 1 is 1.55 bits per heavy atom. The van der Waals surface area contributed by atoms with E-state index < -0.39 is 23.8 Å². The predicted octanol–water partition coefficient (Wildman–Crippen LogP) is 5.04. The lowest BCUT2D eigenvalue weighted by molar-refractivity contribution is 0.0476. The molecule has 0 radical (unpaired) electrons. The second-order valence-corrected chi connectivity index (χ2v) is 7.24. The van der Waals surface area contributed by atoms with E-state index in [1.807, 2.05) is 0 Å². The van der Waals surface area contributed by atoms with Gasteiger partial charge in [-0.15, -0.1) is 11.3 Å². The van der Waals surface area contributed by atoms with Crippen LogP contribution in [0.4, 0.5) is 8.78 Å². The average molecular weight is 431 g/mol. The summed E-state index contributed by atoms with van der Waals surface area (Å²) in [6.07, 6.45) is -2.92. The number of carbonyl (C=O) groups is 1. The molecule has 0 amide bonds. The van der Waals surface area contributed by atoms with Crippen molar-refractivity contribution in [3.8, 4) is 11.5 Å². The predicted molar refractivity (Wildman–Crippen MR) is 76.1 cm³/mol. The SMILES string of the molecule is CCOC(=O)c1oc(-c2cc(Br)sc2Br)nc1C(F)F. The van der Waals surface area contributed by atoms with Gasteiger partial charge in [0, 0.05) is 0 Å². The number of thiophene rings is 1. The van der Waals surface area contributed by atoms with E-state index >= 15 is 0 Å². The van der Waals surface area contributed by atoms with Gasteiger partial charge in [-0.25, -0.2) is 18.6 Å². The summed E-state index contributed by atoms with van der Waals surface area (Å²) >= 11 is 7.88. The fourth-order valence-corrected chi connectivity index (χ4v) is 4.20. The van der Waals surface area contributed by atoms with Crippen LogP contribution < -0.4 is 0 Å². The number of rotatable bonds is 4. The zero-order valence-corrected chi connectivity index (χ0v) is 13.9. The highest BCUT2D eigenvalue weighted by atomic mass is 79.9. The lowest BCUT2D eigenvalue weighted by Crippen LogP contribution is -2.06. The van der Waals surface area contributed by atoms with Crippen LogP contribution in [-0.4, -0.2) is 17.6 Å². The maximum atomic E-state index is 12.9. The lowest BCUT2D eigenvalue weighted by Gasteiger charge is -1.99. The molecule has 0 aliphatic rings. The van der Waals surface area contributed by atoms with Crippen molar-refractivity contribution in [2.45, 2.75) is 13.3 Å². The molecule has 0 saturated heterocycles. The first-order chi connectivity index (χ1) is 9.43. The summed E-state index contributed by atoms with van der Waals surface area (Å²) in [7, 11) is 0. The fraction of sp³-hybridized carbons (Fsp3) is 0.273. The van der Waals surface area contributed by atoms with Crippen molar-refractivity contribution < 1.29 is 22.7 Å². The molecule has 2 heterocycles. The van der Waals surface area contributed by atoms with E-state index in [0.717, 1.165) is 3.79 Å².